The minimum Gasteiger partial charge on any atom is -0.463 e. The summed E-state index contributed by atoms with van der Waals surface area (Å²) in [6.07, 6.45) is 1.76. The molecule has 1 heterocycles. The summed E-state index contributed by atoms with van der Waals surface area (Å²) in [6.45, 7) is 3.60. The highest BCUT2D eigenvalue weighted by atomic mass is 16.6. The van der Waals surface area contributed by atoms with E-state index in [1.807, 2.05) is 0 Å². The molecule has 2 aliphatic carbocycles. The number of carbonyl (C=O) groups is 1. The van der Waals surface area contributed by atoms with Crippen LogP contribution in [0.5, 0.6) is 0 Å². The minimum atomic E-state index is -0.717. The first-order valence-corrected chi connectivity index (χ1v) is 6.89. The van der Waals surface area contributed by atoms with Crippen LogP contribution in [0.25, 0.3) is 0 Å². The maximum Gasteiger partial charge on any atom is 0.312 e. The van der Waals surface area contributed by atoms with E-state index in [1.54, 1.807) is 26.0 Å². The summed E-state index contributed by atoms with van der Waals surface area (Å²) in [5.41, 5.74) is 0. The first kappa shape index (κ1) is 13.1. The van der Waals surface area contributed by atoms with Crippen molar-refractivity contribution in [2.24, 2.45) is 17.8 Å². The Balaban J connectivity index is 1.90. The highest BCUT2D eigenvalue weighted by Crippen LogP contribution is 2.50. The molecule has 2 bridgehead atoms. The molecule has 1 saturated heterocycles. The Kier molecular flexibility index (Phi) is 3.15. The highest BCUT2D eigenvalue weighted by Gasteiger charge is 2.59. The van der Waals surface area contributed by atoms with E-state index in [4.69, 9.17) is 9.47 Å². The van der Waals surface area contributed by atoms with E-state index in [0.717, 1.165) is 0 Å². The smallest absolute Gasteiger partial charge is 0.312 e. The molecule has 3 aliphatic rings. The number of carbonyl (C=O) groups excluding carboxylic acids is 1. The maximum absolute atomic E-state index is 12.2. The molecule has 0 aromatic rings. The summed E-state index contributed by atoms with van der Waals surface area (Å²) >= 11 is 0. The van der Waals surface area contributed by atoms with Crippen molar-refractivity contribution in [1.29, 1.82) is 0 Å². The Morgan fingerprint density at radius 2 is 2.11 bits per heavy atom. The topological polar surface area (TPSA) is 76.0 Å². The van der Waals surface area contributed by atoms with Gasteiger partial charge in [0.1, 0.15) is 0 Å². The fourth-order valence-corrected chi connectivity index (χ4v) is 3.70. The van der Waals surface area contributed by atoms with Crippen molar-refractivity contribution in [3.05, 3.63) is 12.2 Å². The van der Waals surface area contributed by atoms with Gasteiger partial charge in [0.25, 0.3) is 0 Å². The van der Waals surface area contributed by atoms with Gasteiger partial charge in [-0.3, -0.25) is 4.79 Å². The SMILES string of the molecule is CC(C)OC(=O)[C@H]1[C@H]2O[C@@H]3C=C[C@H](O)[C@H](C[C@@H]2O)[C@@H]13. The van der Waals surface area contributed by atoms with Crippen molar-refractivity contribution in [2.45, 2.75) is 50.8 Å². The molecule has 0 aromatic heterocycles. The fraction of sp³-hybridized carbons (Fsp3) is 0.786. The molecule has 2 fully saturated rings. The molecule has 5 heteroatoms. The van der Waals surface area contributed by atoms with Crippen LogP contribution in [0.2, 0.25) is 0 Å². The van der Waals surface area contributed by atoms with Crippen molar-refractivity contribution in [3.8, 4) is 0 Å². The third-order valence-electron chi connectivity index (χ3n) is 4.41. The van der Waals surface area contributed by atoms with Gasteiger partial charge in [0.2, 0.25) is 0 Å². The predicted molar refractivity (Wildman–Crippen MR) is 66.1 cm³/mol. The number of hydrogen-bond donors (Lipinski definition) is 2. The van der Waals surface area contributed by atoms with Gasteiger partial charge >= 0.3 is 5.97 Å². The van der Waals surface area contributed by atoms with Crippen LogP contribution in [0.15, 0.2) is 12.2 Å². The van der Waals surface area contributed by atoms with Crippen molar-refractivity contribution < 1.29 is 24.5 Å². The van der Waals surface area contributed by atoms with Crippen molar-refractivity contribution >= 4 is 5.97 Å². The maximum atomic E-state index is 12.2. The molecule has 0 spiro atoms. The average molecular weight is 268 g/mol. The van der Waals surface area contributed by atoms with Crippen LogP contribution < -0.4 is 0 Å². The van der Waals surface area contributed by atoms with Crippen molar-refractivity contribution in [1.82, 2.24) is 0 Å². The molecule has 0 unspecified atom stereocenters. The molecule has 0 aromatic carbocycles. The second-order valence-corrected chi connectivity index (χ2v) is 6.00. The molecular weight excluding hydrogens is 248 g/mol. The molecule has 1 saturated carbocycles. The first-order valence-electron chi connectivity index (χ1n) is 6.89. The number of ether oxygens (including phenoxy) is 2. The summed E-state index contributed by atoms with van der Waals surface area (Å²) in [7, 11) is 0. The quantitative estimate of drug-likeness (QED) is 0.554. The zero-order chi connectivity index (χ0) is 13.7. The average Bonchev–Trinajstić information content (AvgIpc) is 2.67. The van der Waals surface area contributed by atoms with Gasteiger partial charge in [0.15, 0.2) is 0 Å². The first-order chi connectivity index (χ1) is 8.99. The molecule has 19 heavy (non-hydrogen) atoms. The molecular formula is C14H20O5. The van der Waals surface area contributed by atoms with Crippen LogP contribution in [-0.2, 0) is 14.3 Å². The van der Waals surface area contributed by atoms with Gasteiger partial charge < -0.3 is 19.7 Å². The Bertz CT molecular complexity index is 405. The zero-order valence-corrected chi connectivity index (χ0v) is 11.1. The van der Waals surface area contributed by atoms with Crippen LogP contribution in [0.1, 0.15) is 20.3 Å². The number of aliphatic hydroxyl groups is 2. The van der Waals surface area contributed by atoms with Gasteiger partial charge in [-0.25, -0.2) is 0 Å². The van der Waals surface area contributed by atoms with E-state index in [1.165, 1.54) is 0 Å². The van der Waals surface area contributed by atoms with Crippen LogP contribution in [0.4, 0.5) is 0 Å². The lowest BCUT2D eigenvalue weighted by atomic mass is 9.65. The lowest BCUT2D eigenvalue weighted by molar-refractivity contribution is -0.162. The third kappa shape index (κ3) is 2.00. The number of hydrogen-bond acceptors (Lipinski definition) is 5. The third-order valence-corrected chi connectivity index (χ3v) is 4.41. The number of aliphatic hydroxyl groups excluding tert-OH is 2. The molecule has 106 valence electrons. The van der Waals surface area contributed by atoms with Gasteiger partial charge in [-0.1, -0.05) is 12.2 Å². The lowest BCUT2D eigenvalue weighted by Gasteiger charge is -2.40. The molecule has 7 atom stereocenters. The molecule has 1 aliphatic heterocycles. The zero-order valence-electron chi connectivity index (χ0n) is 11.1. The normalized spacial score (nSPS) is 47.5. The van der Waals surface area contributed by atoms with Crippen LogP contribution in [0, 0.1) is 17.8 Å². The van der Waals surface area contributed by atoms with Crippen LogP contribution in [0.3, 0.4) is 0 Å². The summed E-state index contributed by atoms with van der Waals surface area (Å²) in [5.74, 6) is -1.01. The Morgan fingerprint density at radius 3 is 2.79 bits per heavy atom. The number of fused-ring (bicyclic) bond motifs is 1. The number of rotatable bonds is 2. The summed E-state index contributed by atoms with van der Waals surface area (Å²) in [4.78, 5) is 12.2. The lowest BCUT2D eigenvalue weighted by Crippen LogP contribution is -2.50. The molecule has 0 radical (unpaired) electrons. The van der Waals surface area contributed by atoms with Gasteiger partial charge in [-0.2, -0.15) is 0 Å². The summed E-state index contributed by atoms with van der Waals surface area (Å²) in [6, 6.07) is 0. The van der Waals surface area contributed by atoms with Gasteiger partial charge in [-0.15, -0.1) is 0 Å². The number of esters is 1. The van der Waals surface area contributed by atoms with E-state index >= 15 is 0 Å². The van der Waals surface area contributed by atoms with Gasteiger partial charge in [0.05, 0.1) is 36.4 Å². The standard InChI is InChI=1S/C14H20O5/c1-6(2)18-14(17)12-11-7-5-9(16)13(12)19-10(11)4-3-8(7)15/h3-4,6-13,15-16H,5H2,1-2H3/t7-,8-,9-,10+,11+,12+,13-/m0/s1. The monoisotopic (exact) mass is 268 g/mol. The molecule has 2 N–H and O–H groups in total. The van der Waals surface area contributed by atoms with Gasteiger partial charge in [0, 0.05) is 5.92 Å². The predicted octanol–water partition coefficient (Wildman–Crippen LogP) is 0.249. The Morgan fingerprint density at radius 1 is 1.37 bits per heavy atom. The Hall–Kier alpha value is -0.910. The van der Waals surface area contributed by atoms with E-state index in [2.05, 4.69) is 0 Å². The van der Waals surface area contributed by atoms with Crippen molar-refractivity contribution in [3.63, 3.8) is 0 Å². The van der Waals surface area contributed by atoms with E-state index in [-0.39, 0.29) is 30.0 Å². The molecule has 0 amide bonds. The van der Waals surface area contributed by atoms with E-state index in [0.29, 0.717) is 6.42 Å². The van der Waals surface area contributed by atoms with Crippen LogP contribution in [-0.4, -0.2) is 46.7 Å². The minimum absolute atomic E-state index is 0.0837. The van der Waals surface area contributed by atoms with Crippen molar-refractivity contribution in [2.75, 3.05) is 0 Å². The molecule has 3 rings (SSSR count). The summed E-state index contributed by atoms with van der Waals surface area (Å²) < 4.78 is 11.1. The largest absolute Gasteiger partial charge is 0.463 e. The fourth-order valence-electron chi connectivity index (χ4n) is 3.70. The summed E-state index contributed by atoms with van der Waals surface area (Å²) in [5, 5.41) is 20.2. The van der Waals surface area contributed by atoms with Crippen LogP contribution >= 0.6 is 0 Å². The van der Waals surface area contributed by atoms with E-state index in [9.17, 15) is 15.0 Å². The Labute approximate surface area is 112 Å². The second-order valence-electron chi connectivity index (χ2n) is 6.00. The molecule has 5 nitrogen and oxygen atoms in total. The van der Waals surface area contributed by atoms with Gasteiger partial charge in [-0.05, 0) is 26.2 Å². The van der Waals surface area contributed by atoms with E-state index < -0.39 is 24.2 Å². The second kappa shape index (κ2) is 4.58. The highest BCUT2D eigenvalue weighted by molar-refractivity contribution is 5.75.